The van der Waals surface area contributed by atoms with Crippen molar-refractivity contribution < 1.29 is 23.6 Å². The number of unbranched alkanes of at least 4 members (excludes halogenated alkanes) is 1. The summed E-state index contributed by atoms with van der Waals surface area (Å²) in [5.41, 5.74) is 7.57. The molecule has 0 radical (unpaired) electrons. The zero-order chi connectivity index (χ0) is 28.3. The molecule has 13 heteroatoms. The molecular formula is C28H34Cl3N5O5. The molecule has 3 N–H and O–H groups in total. The van der Waals surface area contributed by atoms with Crippen LogP contribution >= 0.6 is 35.6 Å². The number of hydrogen-bond donors (Lipinski definition) is 2. The molecule has 1 aliphatic rings. The fourth-order valence-electron chi connectivity index (χ4n) is 4.21. The van der Waals surface area contributed by atoms with Crippen LogP contribution in [0.5, 0.6) is 5.75 Å². The minimum Gasteiger partial charge on any atom is -0.493 e. The molecule has 2 aromatic carbocycles. The third-order valence-corrected chi connectivity index (χ3v) is 7.21. The highest BCUT2D eigenvalue weighted by Crippen LogP contribution is 2.23. The predicted molar refractivity (Wildman–Crippen MR) is 158 cm³/mol. The van der Waals surface area contributed by atoms with Gasteiger partial charge in [0, 0.05) is 19.5 Å². The number of carbonyl (C=O) groups is 2. The van der Waals surface area contributed by atoms with Crippen LogP contribution in [0.3, 0.4) is 0 Å². The Morgan fingerprint density at radius 3 is 2.49 bits per heavy atom. The molecule has 3 aromatic rings. The van der Waals surface area contributed by atoms with Crippen LogP contribution in [0.15, 0.2) is 47.0 Å². The lowest BCUT2D eigenvalue weighted by Gasteiger charge is -2.28. The number of ether oxygens (including phenoxy) is 2. The Morgan fingerprint density at radius 2 is 1.78 bits per heavy atom. The zero-order valence-corrected chi connectivity index (χ0v) is 24.8. The Balaban J connectivity index is 0.00000462. The summed E-state index contributed by atoms with van der Waals surface area (Å²) in [7, 11) is 0. The van der Waals surface area contributed by atoms with Crippen molar-refractivity contribution in [1.82, 2.24) is 20.4 Å². The summed E-state index contributed by atoms with van der Waals surface area (Å²) in [4.78, 5) is 31.9. The molecule has 0 aliphatic carbocycles. The quantitative estimate of drug-likeness (QED) is 0.206. The maximum absolute atomic E-state index is 13.2. The minimum absolute atomic E-state index is 0. The standard InChI is InChI=1S/C28H33Cl2N5O5.ClH/c29-22-9-6-20(17-23(22)30)10-14-39-21-7-4-19(5-8-21)18-25-33-27(34-40-25)26(36)24(3-1-2-11-31)32-28(37)35-12-15-38-16-13-35;/h4-9,17,24H,1-3,10-16,18,31H2,(H,32,37);1H/t24-;/m0./s1. The van der Waals surface area contributed by atoms with E-state index >= 15 is 0 Å². The van der Waals surface area contributed by atoms with Gasteiger partial charge in [0.2, 0.25) is 17.5 Å². The van der Waals surface area contributed by atoms with E-state index in [1.165, 1.54) is 0 Å². The SMILES string of the molecule is Cl.NCCCC[C@H](NC(=O)N1CCOCC1)C(=O)c1noc(Cc2ccc(OCCc3ccc(Cl)c(Cl)c3)cc2)n1. The van der Waals surface area contributed by atoms with Gasteiger partial charge < -0.3 is 29.9 Å². The number of ketones is 1. The fourth-order valence-corrected chi connectivity index (χ4v) is 4.53. The van der Waals surface area contributed by atoms with Crippen LogP contribution < -0.4 is 15.8 Å². The van der Waals surface area contributed by atoms with Gasteiger partial charge in [0.1, 0.15) is 5.75 Å². The monoisotopic (exact) mass is 625 g/mol. The summed E-state index contributed by atoms with van der Waals surface area (Å²) in [5, 5.41) is 7.77. The lowest BCUT2D eigenvalue weighted by atomic mass is 10.0. The van der Waals surface area contributed by atoms with Gasteiger partial charge in [-0.1, -0.05) is 46.6 Å². The summed E-state index contributed by atoms with van der Waals surface area (Å²) in [6, 6.07) is 12.0. The number of Topliss-reactive ketones (excluding diaryl/α,β-unsaturated/α-hetero) is 1. The number of nitrogens with one attached hydrogen (secondary N) is 1. The summed E-state index contributed by atoms with van der Waals surface area (Å²) >= 11 is 12.0. The number of carbonyl (C=O) groups excluding carboxylic acids is 2. The topological polar surface area (TPSA) is 133 Å². The van der Waals surface area contributed by atoms with Gasteiger partial charge in [-0.05, 0) is 61.2 Å². The van der Waals surface area contributed by atoms with E-state index in [1.807, 2.05) is 36.4 Å². The number of amides is 2. The predicted octanol–water partition coefficient (Wildman–Crippen LogP) is 4.73. The number of morpholine rings is 1. The number of hydrogen-bond acceptors (Lipinski definition) is 8. The van der Waals surface area contributed by atoms with Crippen LogP contribution in [0.1, 0.15) is 46.9 Å². The first kappa shape index (κ1) is 32.6. The molecule has 1 aliphatic heterocycles. The average Bonchev–Trinajstić information content (AvgIpc) is 3.44. The van der Waals surface area contributed by atoms with Crippen molar-refractivity contribution >= 4 is 47.4 Å². The maximum atomic E-state index is 13.2. The van der Waals surface area contributed by atoms with Crippen molar-refractivity contribution in [3.63, 3.8) is 0 Å². The van der Waals surface area contributed by atoms with Gasteiger partial charge in [-0.3, -0.25) is 4.79 Å². The first-order valence-electron chi connectivity index (χ1n) is 13.3. The first-order valence-corrected chi connectivity index (χ1v) is 14.0. The number of aromatic nitrogens is 2. The lowest BCUT2D eigenvalue weighted by Crippen LogP contribution is -2.51. The molecule has 10 nitrogen and oxygen atoms in total. The van der Waals surface area contributed by atoms with Gasteiger partial charge in [0.15, 0.2) is 0 Å². The molecule has 1 atom stereocenters. The molecular weight excluding hydrogens is 593 g/mol. The van der Waals surface area contributed by atoms with Crippen molar-refractivity contribution in [3.05, 3.63) is 75.4 Å². The second-order valence-corrected chi connectivity index (χ2v) is 10.2. The lowest BCUT2D eigenvalue weighted by molar-refractivity contribution is 0.0520. The van der Waals surface area contributed by atoms with Crippen LogP contribution in [-0.4, -0.2) is 72.4 Å². The Labute approximate surface area is 255 Å². The normalized spacial score (nSPS) is 13.8. The molecule has 41 heavy (non-hydrogen) atoms. The smallest absolute Gasteiger partial charge is 0.318 e. The molecule has 1 saturated heterocycles. The number of halogens is 3. The number of nitrogens with two attached hydrogens (primary N) is 1. The van der Waals surface area contributed by atoms with Crippen LogP contribution in [0.4, 0.5) is 4.79 Å². The van der Waals surface area contributed by atoms with Crippen LogP contribution in [0.2, 0.25) is 10.0 Å². The Hall–Kier alpha value is -2.89. The number of urea groups is 1. The third kappa shape index (κ3) is 9.86. The molecule has 0 saturated carbocycles. The number of nitrogens with zero attached hydrogens (tertiary/aromatic N) is 3. The largest absolute Gasteiger partial charge is 0.493 e. The van der Waals surface area contributed by atoms with Crippen LogP contribution in [-0.2, 0) is 17.6 Å². The van der Waals surface area contributed by atoms with E-state index in [0.29, 0.717) is 81.1 Å². The molecule has 2 heterocycles. The third-order valence-electron chi connectivity index (χ3n) is 6.47. The van der Waals surface area contributed by atoms with Crippen LogP contribution in [0.25, 0.3) is 0 Å². The second-order valence-electron chi connectivity index (χ2n) is 9.43. The van der Waals surface area contributed by atoms with Crippen molar-refractivity contribution in [3.8, 4) is 5.75 Å². The Bertz CT molecular complexity index is 1270. The Kier molecular flexibility index (Phi) is 13.1. The highest BCUT2D eigenvalue weighted by atomic mass is 35.5. The van der Waals surface area contributed by atoms with E-state index in [2.05, 4.69) is 15.5 Å². The highest BCUT2D eigenvalue weighted by molar-refractivity contribution is 6.42. The van der Waals surface area contributed by atoms with Crippen molar-refractivity contribution in [2.24, 2.45) is 5.73 Å². The molecule has 1 aromatic heterocycles. The molecule has 2 amide bonds. The number of benzene rings is 2. The van der Waals surface area contributed by atoms with Crippen LogP contribution in [0, 0.1) is 0 Å². The maximum Gasteiger partial charge on any atom is 0.318 e. The second kappa shape index (κ2) is 16.5. The molecule has 222 valence electrons. The molecule has 0 bridgehead atoms. The fraction of sp³-hybridized carbons (Fsp3) is 0.429. The molecule has 0 spiro atoms. The molecule has 0 unspecified atom stereocenters. The summed E-state index contributed by atoms with van der Waals surface area (Å²) in [6.45, 7) is 2.89. The summed E-state index contributed by atoms with van der Waals surface area (Å²) in [5.74, 6) is 0.579. The van der Waals surface area contributed by atoms with Crippen molar-refractivity contribution in [1.29, 1.82) is 0 Å². The van der Waals surface area contributed by atoms with Gasteiger partial charge in [0.05, 0.1) is 42.3 Å². The molecule has 1 fully saturated rings. The minimum atomic E-state index is -0.771. The van der Waals surface area contributed by atoms with Crippen molar-refractivity contribution in [2.75, 3.05) is 39.5 Å². The summed E-state index contributed by atoms with van der Waals surface area (Å²) < 4.78 is 16.5. The van der Waals surface area contributed by atoms with E-state index in [4.69, 9.17) is 42.9 Å². The first-order chi connectivity index (χ1) is 19.4. The highest BCUT2D eigenvalue weighted by Gasteiger charge is 2.28. The van der Waals surface area contributed by atoms with Gasteiger partial charge in [-0.25, -0.2) is 4.79 Å². The van der Waals surface area contributed by atoms with E-state index < -0.39 is 6.04 Å². The molecule has 4 rings (SSSR count). The summed E-state index contributed by atoms with van der Waals surface area (Å²) in [6.07, 6.45) is 2.90. The van der Waals surface area contributed by atoms with Gasteiger partial charge in [-0.15, -0.1) is 12.4 Å². The van der Waals surface area contributed by atoms with Crippen molar-refractivity contribution in [2.45, 2.75) is 38.1 Å². The van der Waals surface area contributed by atoms with E-state index in [0.717, 1.165) is 23.3 Å². The zero-order valence-electron chi connectivity index (χ0n) is 22.5. The van der Waals surface area contributed by atoms with E-state index in [1.54, 1.807) is 11.0 Å². The van der Waals surface area contributed by atoms with Gasteiger partial charge >= 0.3 is 6.03 Å². The van der Waals surface area contributed by atoms with E-state index in [-0.39, 0.29) is 30.0 Å². The van der Waals surface area contributed by atoms with E-state index in [9.17, 15) is 9.59 Å². The Morgan fingerprint density at radius 1 is 1.05 bits per heavy atom. The number of rotatable bonds is 13. The average molecular weight is 627 g/mol. The van der Waals surface area contributed by atoms with Gasteiger partial charge in [0.25, 0.3) is 0 Å². The van der Waals surface area contributed by atoms with Gasteiger partial charge in [-0.2, -0.15) is 4.98 Å².